The molecule has 1 amide bonds. The Bertz CT molecular complexity index is 1160. The van der Waals surface area contributed by atoms with E-state index >= 15 is 0 Å². The summed E-state index contributed by atoms with van der Waals surface area (Å²) < 4.78 is 5.74. The summed E-state index contributed by atoms with van der Waals surface area (Å²) in [5.74, 6) is 1.67. The minimum atomic E-state index is -0.203. The van der Waals surface area contributed by atoms with Crippen LogP contribution < -0.4 is 5.32 Å². The van der Waals surface area contributed by atoms with Crippen LogP contribution in [-0.2, 0) is 5.75 Å². The van der Waals surface area contributed by atoms with Gasteiger partial charge in [-0.2, -0.15) is 11.8 Å². The number of benzene rings is 3. The van der Waals surface area contributed by atoms with Crippen molar-refractivity contribution in [2.24, 2.45) is 0 Å². The maximum absolute atomic E-state index is 12.4. The average molecular weight is 430 g/mol. The molecule has 0 spiro atoms. The van der Waals surface area contributed by atoms with Crippen molar-refractivity contribution in [3.8, 4) is 0 Å². The minimum Gasteiger partial charge on any atom is -0.451 e. The lowest BCUT2D eigenvalue weighted by Gasteiger charge is -2.05. The van der Waals surface area contributed by atoms with Gasteiger partial charge in [-0.05, 0) is 40.6 Å². The quantitative estimate of drug-likeness (QED) is 0.353. The van der Waals surface area contributed by atoms with E-state index in [0.717, 1.165) is 38.8 Å². The lowest BCUT2D eigenvalue weighted by molar-refractivity contribution is 0.0930. The number of carbonyl (C=O) groups excluding carboxylic acids is 1. The molecule has 0 bridgehead atoms. The molecule has 0 saturated carbocycles. The largest absolute Gasteiger partial charge is 0.451 e. The van der Waals surface area contributed by atoms with Crippen LogP contribution in [0.25, 0.3) is 21.7 Å². The summed E-state index contributed by atoms with van der Waals surface area (Å²) in [5, 5.41) is 7.37. The van der Waals surface area contributed by atoms with Gasteiger partial charge in [0.15, 0.2) is 5.76 Å². The summed E-state index contributed by atoms with van der Waals surface area (Å²) in [4.78, 5) is 12.4. The lowest BCUT2D eigenvalue weighted by atomic mass is 10.1. The van der Waals surface area contributed by atoms with Gasteiger partial charge in [-0.1, -0.05) is 59.6 Å². The highest BCUT2D eigenvalue weighted by Gasteiger charge is 2.13. The fourth-order valence-electron chi connectivity index (χ4n) is 3.05. The van der Waals surface area contributed by atoms with Gasteiger partial charge in [-0.3, -0.25) is 4.79 Å². The topological polar surface area (TPSA) is 42.2 Å². The van der Waals surface area contributed by atoms with E-state index in [1.54, 1.807) is 17.8 Å². The standard InChI is InChI=1S/C22H17Cl2NO2S/c23-16-7-5-15(19(24)11-16)13-28-10-9-25-22(26)21-12-18-17-4-2-1-3-14(17)6-8-20(18)27-21/h1-8,11-12H,9-10,13H2,(H,25,26). The average Bonchev–Trinajstić information content (AvgIpc) is 3.14. The van der Waals surface area contributed by atoms with E-state index in [4.69, 9.17) is 27.6 Å². The van der Waals surface area contributed by atoms with E-state index in [2.05, 4.69) is 5.32 Å². The zero-order valence-electron chi connectivity index (χ0n) is 14.9. The third-order valence-electron chi connectivity index (χ3n) is 4.45. The van der Waals surface area contributed by atoms with E-state index in [9.17, 15) is 4.79 Å². The maximum Gasteiger partial charge on any atom is 0.287 e. The van der Waals surface area contributed by atoms with Gasteiger partial charge < -0.3 is 9.73 Å². The first kappa shape index (κ1) is 19.2. The van der Waals surface area contributed by atoms with Crippen LogP contribution in [0.15, 0.2) is 65.1 Å². The number of thioether (sulfide) groups is 1. The molecular weight excluding hydrogens is 413 g/mol. The molecule has 0 aliphatic carbocycles. The van der Waals surface area contributed by atoms with Crippen molar-refractivity contribution in [3.63, 3.8) is 0 Å². The Kier molecular flexibility index (Phi) is 5.81. The van der Waals surface area contributed by atoms with Crippen LogP contribution in [-0.4, -0.2) is 18.2 Å². The first-order chi connectivity index (χ1) is 13.6. The number of nitrogens with one attached hydrogen (secondary N) is 1. The number of hydrogen-bond donors (Lipinski definition) is 1. The van der Waals surface area contributed by atoms with Crippen LogP contribution in [0.1, 0.15) is 16.1 Å². The van der Waals surface area contributed by atoms with Crippen molar-refractivity contribution in [2.75, 3.05) is 12.3 Å². The molecule has 1 heterocycles. The summed E-state index contributed by atoms with van der Waals surface area (Å²) in [7, 11) is 0. The molecule has 0 radical (unpaired) electrons. The van der Waals surface area contributed by atoms with Crippen LogP contribution >= 0.6 is 35.0 Å². The Morgan fingerprint density at radius 3 is 2.71 bits per heavy atom. The summed E-state index contributed by atoms with van der Waals surface area (Å²) in [6.07, 6.45) is 0. The van der Waals surface area contributed by atoms with E-state index < -0.39 is 0 Å². The highest BCUT2D eigenvalue weighted by Crippen LogP contribution is 2.28. The number of halogens is 2. The van der Waals surface area contributed by atoms with E-state index in [0.29, 0.717) is 22.4 Å². The number of rotatable bonds is 6. The van der Waals surface area contributed by atoms with E-state index in [1.165, 1.54) is 0 Å². The molecule has 0 aliphatic rings. The summed E-state index contributed by atoms with van der Waals surface area (Å²) >= 11 is 13.8. The molecule has 0 unspecified atom stereocenters. The Labute approximate surface area is 177 Å². The van der Waals surface area contributed by atoms with Crippen molar-refractivity contribution < 1.29 is 9.21 Å². The van der Waals surface area contributed by atoms with Gasteiger partial charge in [0.1, 0.15) is 5.58 Å². The smallest absolute Gasteiger partial charge is 0.287 e. The van der Waals surface area contributed by atoms with Gasteiger partial charge in [0, 0.05) is 33.5 Å². The van der Waals surface area contributed by atoms with Crippen molar-refractivity contribution in [2.45, 2.75) is 5.75 Å². The summed E-state index contributed by atoms with van der Waals surface area (Å²) in [5.41, 5.74) is 1.75. The third kappa shape index (κ3) is 4.14. The fourth-order valence-corrected chi connectivity index (χ4v) is 4.47. The van der Waals surface area contributed by atoms with E-state index in [-0.39, 0.29) is 5.91 Å². The molecular formula is C22H17Cl2NO2S. The van der Waals surface area contributed by atoms with Gasteiger partial charge in [0.05, 0.1) is 0 Å². The molecule has 6 heteroatoms. The first-order valence-electron chi connectivity index (χ1n) is 8.83. The zero-order valence-corrected chi connectivity index (χ0v) is 17.2. The molecule has 28 heavy (non-hydrogen) atoms. The van der Waals surface area contributed by atoms with Crippen LogP contribution in [0.4, 0.5) is 0 Å². The second-order valence-electron chi connectivity index (χ2n) is 6.35. The Morgan fingerprint density at radius 1 is 1.00 bits per heavy atom. The van der Waals surface area contributed by atoms with Crippen molar-refractivity contribution in [1.29, 1.82) is 0 Å². The molecule has 3 aromatic carbocycles. The van der Waals surface area contributed by atoms with Gasteiger partial charge in [-0.25, -0.2) is 0 Å². The zero-order chi connectivity index (χ0) is 19.5. The van der Waals surface area contributed by atoms with Crippen LogP contribution in [0.5, 0.6) is 0 Å². The number of fused-ring (bicyclic) bond motifs is 3. The van der Waals surface area contributed by atoms with Crippen molar-refractivity contribution >= 4 is 62.6 Å². The Balaban J connectivity index is 1.34. The number of furan rings is 1. The van der Waals surface area contributed by atoms with Gasteiger partial charge in [0.25, 0.3) is 5.91 Å². The summed E-state index contributed by atoms with van der Waals surface area (Å²) in [6.45, 7) is 0.548. The normalized spacial score (nSPS) is 11.2. The molecule has 142 valence electrons. The van der Waals surface area contributed by atoms with Gasteiger partial charge in [0.2, 0.25) is 0 Å². The van der Waals surface area contributed by atoms with Gasteiger partial charge >= 0.3 is 0 Å². The molecule has 0 aliphatic heterocycles. The highest BCUT2D eigenvalue weighted by atomic mass is 35.5. The Hall–Kier alpha value is -2.14. The lowest BCUT2D eigenvalue weighted by Crippen LogP contribution is -2.25. The number of carbonyl (C=O) groups is 1. The molecule has 4 rings (SSSR count). The molecule has 3 nitrogen and oxygen atoms in total. The molecule has 1 N–H and O–H groups in total. The highest BCUT2D eigenvalue weighted by molar-refractivity contribution is 7.98. The third-order valence-corrected chi connectivity index (χ3v) is 6.05. The van der Waals surface area contributed by atoms with Gasteiger partial charge in [-0.15, -0.1) is 0 Å². The predicted molar refractivity (Wildman–Crippen MR) is 119 cm³/mol. The molecule has 0 atom stereocenters. The molecule has 4 aromatic rings. The predicted octanol–water partition coefficient (Wildman–Crippen LogP) is 6.56. The first-order valence-corrected chi connectivity index (χ1v) is 10.7. The minimum absolute atomic E-state index is 0.203. The fraction of sp³-hybridized carbons (Fsp3) is 0.136. The molecule has 1 aromatic heterocycles. The molecule has 0 fully saturated rings. The maximum atomic E-state index is 12.4. The van der Waals surface area contributed by atoms with Crippen molar-refractivity contribution in [1.82, 2.24) is 5.32 Å². The molecule has 0 saturated heterocycles. The summed E-state index contributed by atoms with van der Waals surface area (Å²) in [6, 6.07) is 19.3. The van der Waals surface area contributed by atoms with Crippen molar-refractivity contribution in [3.05, 3.63) is 82.0 Å². The van der Waals surface area contributed by atoms with Crippen LogP contribution in [0.2, 0.25) is 10.0 Å². The van der Waals surface area contributed by atoms with E-state index in [1.807, 2.05) is 54.6 Å². The SMILES string of the molecule is O=C(NCCSCc1ccc(Cl)cc1Cl)c1cc2c(ccc3ccccc32)o1. The number of amides is 1. The monoisotopic (exact) mass is 429 g/mol. The number of hydrogen-bond acceptors (Lipinski definition) is 3. The van der Waals surface area contributed by atoms with Crippen LogP contribution in [0, 0.1) is 0 Å². The Morgan fingerprint density at radius 2 is 1.86 bits per heavy atom. The van der Waals surface area contributed by atoms with Crippen LogP contribution in [0.3, 0.4) is 0 Å². The second kappa shape index (κ2) is 8.48. The second-order valence-corrected chi connectivity index (χ2v) is 8.30.